The minimum absolute atomic E-state index is 0.0708. The third-order valence-corrected chi connectivity index (χ3v) is 5.42. The van der Waals surface area contributed by atoms with Crippen LogP contribution in [0.4, 0.5) is 10.5 Å². The van der Waals surface area contributed by atoms with Crippen molar-refractivity contribution in [1.29, 1.82) is 5.26 Å². The van der Waals surface area contributed by atoms with E-state index in [1.807, 2.05) is 13.0 Å². The van der Waals surface area contributed by atoms with E-state index in [-0.39, 0.29) is 41.3 Å². The molecule has 2 fully saturated rings. The number of nitrogens with one attached hydrogen (secondary N) is 4. The number of Topliss-reactive ketones (excluding diaryl/α,β-unsaturated/α-hetero) is 1. The first kappa shape index (κ1) is 23.7. The Morgan fingerprint density at radius 2 is 2.00 bits per heavy atom. The molecule has 1 aromatic rings. The minimum Gasteiger partial charge on any atom is -0.446 e. The lowest BCUT2D eigenvalue weighted by molar-refractivity contribution is -0.139. The van der Waals surface area contributed by atoms with E-state index in [0.29, 0.717) is 6.42 Å². The second kappa shape index (κ2) is 10.1. The number of anilines is 1. The van der Waals surface area contributed by atoms with Gasteiger partial charge in [-0.2, -0.15) is 5.26 Å². The standard InChI is InChI=1S/C22H25N5O6/c1-11-7-13(19(29)25-11)9-17(18(28)21(31)24-2)26-20(30)15-8-12(10-23)3-6-16(15)27-22(32)33-14-4-5-14/h3,6,8,11,13-14,17H,4-5,7,9H2,1-2H3,(H,24,31)(H,25,29)(H,26,30)(H,27,32)/t11-,13+,17+/m1/s1. The molecule has 0 radical (unpaired) electrons. The highest BCUT2D eigenvalue weighted by Gasteiger charge is 2.36. The van der Waals surface area contributed by atoms with Crippen molar-refractivity contribution in [2.45, 2.75) is 50.8 Å². The van der Waals surface area contributed by atoms with Crippen LogP contribution < -0.4 is 21.3 Å². The number of rotatable bonds is 8. The molecular formula is C22H25N5O6. The molecule has 2 aliphatic rings. The molecule has 1 aliphatic heterocycles. The average molecular weight is 455 g/mol. The summed E-state index contributed by atoms with van der Waals surface area (Å²) in [7, 11) is 1.29. The maximum atomic E-state index is 13.1. The predicted octanol–water partition coefficient (Wildman–Crippen LogP) is 0.597. The summed E-state index contributed by atoms with van der Waals surface area (Å²) in [5, 5.41) is 19.2. The Morgan fingerprint density at radius 1 is 1.27 bits per heavy atom. The van der Waals surface area contributed by atoms with Crippen molar-refractivity contribution in [1.82, 2.24) is 16.0 Å². The summed E-state index contributed by atoms with van der Waals surface area (Å²) in [6.07, 6.45) is 1.02. The predicted molar refractivity (Wildman–Crippen MR) is 115 cm³/mol. The van der Waals surface area contributed by atoms with Crippen LogP contribution in [0.15, 0.2) is 18.2 Å². The summed E-state index contributed by atoms with van der Waals surface area (Å²) in [5.41, 5.74) is 0.149. The summed E-state index contributed by atoms with van der Waals surface area (Å²) in [5.74, 6) is -3.43. The fourth-order valence-corrected chi connectivity index (χ4v) is 3.58. The SMILES string of the molecule is CNC(=O)C(=O)[C@H](C[C@@H]1C[C@@H](C)NC1=O)NC(=O)c1cc(C#N)ccc1NC(=O)OC1CC1. The second-order valence-corrected chi connectivity index (χ2v) is 8.15. The van der Waals surface area contributed by atoms with E-state index in [2.05, 4.69) is 21.3 Å². The van der Waals surface area contributed by atoms with Crippen molar-refractivity contribution in [3.05, 3.63) is 29.3 Å². The van der Waals surface area contributed by atoms with Gasteiger partial charge in [0.25, 0.3) is 11.8 Å². The zero-order valence-electron chi connectivity index (χ0n) is 18.3. The minimum atomic E-state index is -1.28. The third kappa shape index (κ3) is 6.06. The van der Waals surface area contributed by atoms with Gasteiger partial charge in [-0.25, -0.2) is 4.79 Å². The lowest BCUT2D eigenvalue weighted by Gasteiger charge is -2.20. The molecule has 1 aliphatic carbocycles. The molecule has 1 saturated carbocycles. The molecule has 0 aromatic heterocycles. The number of hydrogen-bond donors (Lipinski definition) is 4. The van der Waals surface area contributed by atoms with Crippen LogP contribution in [-0.4, -0.2) is 54.8 Å². The highest BCUT2D eigenvalue weighted by molar-refractivity contribution is 6.38. The molecule has 174 valence electrons. The van der Waals surface area contributed by atoms with Gasteiger partial charge in [-0.15, -0.1) is 0 Å². The molecule has 3 rings (SSSR count). The van der Waals surface area contributed by atoms with Crippen LogP contribution >= 0.6 is 0 Å². The van der Waals surface area contributed by atoms with Crippen LogP contribution in [0.2, 0.25) is 0 Å². The topological polar surface area (TPSA) is 166 Å². The summed E-state index contributed by atoms with van der Waals surface area (Å²) < 4.78 is 5.13. The zero-order chi connectivity index (χ0) is 24.1. The average Bonchev–Trinajstić information content (AvgIpc) is 3.54. The van der Waals surface area contributed by atoms with Crippen LogP contribution in [0, 0.1) is 17.2 Å². The van der Waals surface area contributed by atoms with Gasteiger partial charge in [0.2, 0.25) is 11.7 Å². The van der Waals surface area contributed by atoms with Crippen LogP contribution in [0.25, 0.3) is 0 Å². The van der Waals surface area contributed by atoms with E-state index in [4.69, 9.17) is 4.74 Å². The zero-order valence-corrected chi connectivity index (χ0v) is 18.3. The monoisotopic (exact) mass is 455 g/mol. The van der Waals surface area contributed by atoms with Gasteiger partial charge in [-0.05, 0) is 50.8 Å². The highest BCUT2D eigenvalue weighted by atomic mass is 16.6. The fraction of sp³-hybridized carbons (Fsp3) is 0.455. The first-order valence-corrected chi connectivity index (χ1v) is 10.6. The normalized spacial score (nSPS) is 20.1. The van der Waals surface area contributed by atoms with Gasteiger partial charge in [0.05, 0.1) is 28.9 Å². The Labute approximate surface area is 190 Å². The maximum Gasteiger partial charge on any atom is 0.411 e. The van der Waals surface area contributed by atoms with E-state index in [0.717, 1.165) is 12.8 Å². The first-order chi connectivity index (χ1) is 15.7. The highest BCUT2D eigenvalue weighted by Crippen LogP contribution is 2.25. The Hall–Kier alpha value is -3.94. The molecule has 1 aromatic carbocycles. The van der Waals surface area contributed by atoms with Gasteiger partial charge in [-0.3, -0.25) is 24.5 Å². The number of nitrogens with zero attached hydrogens (tertiary/aromatic N) is 1. The van der Waals surface area contributed by atoms with Crippen molar-refractivity contribution in [2.24, 2.45) is 5.92 Å². The Kier molecular flexibility index (Phi) is 7.27. The van der Waals surface area contributed by atoms with Crippen LogP contribution in [-0.2, 0) is 19.1 Å². The largest absolute Gasteiger partial charge is 0.446 e. The van der Waals surface area contributed by atoms with E-state index in [1.165, 1.54) is 25.2 Å². The molecule has 0 spiro atoms. The quantitative estimate of drug-likeness (QED) is 0.416. The van der Waals surface area contributed by atoms with E-state index < -0.39 is 35.7 Å². The summed E-state index contributed by atoms with van der Waals surface area (Å²) in [6, 6.07) is 4.59. The molecule has 33 heavy (non-hydrogen) atoms. The molecule has 11 heteroatoms. The Balaban J connectivity index is 1.82. The van der Waals surface area contributed by atoms with Gasteiger partial charge in [0, 0.05) is 19.0 Å². The van der Waals surface area contributed by atoms with Gasteiger partial charge >= 0.3 is 6.09 Å². The van der Waals surface area contributed by atoms with Crippen LogP contribution in [0.5, 0.6) is 0 Å². The van der Waals surface area contributed by atoms with Crippen LogP contribution in [0.1, 0.15) is 48.5 Å². The van der Waals surface area contributed by atoms with E-state index in [9.17, 15) is 29.2 Å². The van der Waals surface area contributed by atoms with Gasteiger partial charge < -0.3 is 20.7 Å². The molecule has 0 bridgehead atoms. The summed E-state index contributed by atoms with van der Waals surface area (Å²) in [6.45, 7) is 1.82. The van der Waals surface area contributed by atoms with Crippen molar-refractivity contribution in [3.63, 3.8) is 0 Å². The van der Waals surface area contributed by atoms with Gasteiger partial charge in [0.1, 0.15) is 6.10 Å². The van der Waals surface area contributed by atoms with Crippen molar-refractivity contribution in [2.75, 3.05) is 12.4 Å². The van der Waals surface area contributed by atoms with Crippen molar-refractivity contribution < 1.29 is 28.7 Å². The molecule has 4 amide bonds. The number of hydrogen-bond acceptors (Lipinski definition) is 7. The number of carbonyl (C=O) groups excluding carboxylic acids is 5. The number of likely N-dealkylation sites (N-methyl/N-ethyl adjacent to an activating group) is 1. The molecule has 1 heterocycles. The Bertz CT molecular complexity index is 1030. The number of ether oxygens (including phenoxy) is 1. The van der Waals surface area contributed by atoms with Crippen molar-refractivity contribution >= 4 is 35.3 Å². The maximum absolute atomic E-state index is 13.1. The van der Waals surface area contributed by atoms with E-state index in [1.54, 1.807) is 0 Å². The van der Waals surface area contributed by atoms with Crippen LogP contribution in [0.3, 0.4) is 0 Å². The number of amides is 4. The fourth-order valence-electron chi connectivity index (χ4n) is 3.58. The Morgan fingerprint density at radius 3 is 2.58 bits per heavy atom. The van der Waals surface area contributed by atoms with Gasteiger partial charge in [0.15, 0.2) is 0 Å². The van der Waals surface area contributed by atoms with E-state index >= 15 is 0 Å². The third-order valence-electron chi connectivity index (χ3n) is 5.42. The van der Waals surface area contributed by atoms with Crippen molar-refractivity contribution in [3.8, 4) is 6.07 Å². The number of nitriles is 1. The van der Waals surface area contributed by atoms with Gasteiger partial charge in [-0.1, -0.05) is 0 Å². The second-order valence-electron chi connectivity index (χ2n) is 8.15. The molecular weight excluding hydrogens is 430 g/mol. The molecule has 11 nitrogen and oxygen atoms in total. The molecule has 3 atom stereocenters. The summed E-state index contributed by atoms with van der Waals surface area (Å²) >= 11 is 0. The molecule has 0 unspecified atom stereocenters. The molecule has 4 N–H and O–H groups in total. The lowest BCUT2D eigenvalue weighted by atomic mass is 9.93. The molecule has 1 saturated heterocycles. The summed E-state index contributed by atoms with van der Waals surface area (Å²) in [4.78, 5) is 61.9. The lowest BCUT2D eigenvalue weighted by Crippen LogP contribution is -2.48. The number of benzene rings is 1. The number of ketones is 1. The number of carbonyl (C=O) groups is 5. The smallest absolute Gasteiger partial charge is 0.411 e. The first-order valence-electron chi connectivity index (χ1n) is 10.6.